The minimum atomic E-state index is 0.818. The van der Waals surface area contributed by atoms with Crippen molar-refractivity contribution in [1.82, 2.24) is 0 Å². The summed E-state index contributed by atoms with van der Waals surface area (Å²) >= 11 is 0. The second kappa shape index (κ2) is 13.8. The molecule has 0 saturated carbocycles. The molecule has 4 heteroatoms. The maximum Gasteiger partial charge on any atom is 0.159 e. The van der Waals surface area contributed by atoms with Crippen molar-refractivity contribution in [3.05, 3.63) is 218 Å². The summed E-state index contributed by atoms with van der Waals surface area (Å²) < 4.78 is 13.8. The summed E-state index contributed by atoms with van der Waals surface area (Å²) in [5.41, 5.74) is 11.9. The number of para-hydroxylation sites is 5. The number of hydrogen-bond acceptors (Lipinski definition) is 4. The highest BCUT2D eigenvalue weighted by Gasteiger charge is 2.24. The lowest BCUT2D eigenvalue weighted by molar-refractivity contribution is 0.668. The third-order valence-electron chi connectivity index (χ3n) is 11.8. The third kappa shape index (κ3) is 5.39. The number of fused-ring (bicyclic) bond motifs is 11. The van der Waals surface area contributed by atoms with Gasteiger partial charge in [0, 0.05) is 55.6 Å². The molecule has 4 nitrogen and oxygen atoms in total. The molecular weight excluding hydrogens is 733 g/mol. The third-order valence-corrected chi connectivity index (χ3v) is 11.8. The average Bonchev–Trinajstić information content (AvgIpc) is 3.90. The first-order valence-electron chi connectivity index (χ1n) is 20.3. The van der Waals surface area contributed by atoms with Crippen LogP contribution >= 0.6 is 0 Å². The van der Waals surface area contributed by atoms with E-state index in [2.05, 4.69) is 216 Å². The number of rotatable bonds is 7. The molecule has 0 unspecified atom stereocenters. The smallest absolute Gasteiger partial charge is 0.159 e. The number of furan rings is 2. The Kier molecular flexibility index (Phi) is 7.82. The number of anilines is 6. The van der Waals surface area contributed by atoms with E-state index in [-0.39, 0.29) is 0 Å². The second-order valence-electron chi connectivity index (χ2n) is 15.2. The molecule has 0 aliphatic rings. The molecule has 12 aromatic rings. The van der Waals surface area contributed by atoms with Crippen LogP contribution in [-0.4, -0.2) is 0 Å². The van der Waals surface area contributed by atoms with Gasteiger partial charge in [-0.1, -0.05) is 140 Å². The van der Waals surface area contributed by atoms with Crippen molar-refractivity contribution in [3.8, 4) is 11.1 Å². The Morgan fingerprint density at radius 1 is 0.283 bits per heavy atom. The minimum Gasteiger partial charge on any atom is -0.455 e. The van der Waals surface area contributed by atoms with Crippen LogP contribution in [0.1, 0.15) is 0 Å². The van der Waals surface area contributed by atoms with E-state index in [0.29, 0.717) is 0 Å². The van der Waals surface area contributed by atoms with Crippen molar-refractivity contribution in [3.63, 3.8) is 0 Å². The Labute approximate surface area is 346 Å². The van der Waals surface area contributed by atoms with Gasteiger partial charge in [0.15, 0.2) is 5.58 Å². The van der Waals surface area contributed by atoms with E-state index in [9.17, 15) is 0 Å². The Bertz CT molecular complexity index is 3510. The molecule has 0 fully saturated rings. The van der Waals surface area contributed by atoms with Gasteiger partial charge in [-0.2, -0.15) is 0 Å². The van der Waals surface area contributed by atoms with Gasteiger partial charge >= 0.3 is 0 Å². The van der Waals surface area contributed by atoms with E-state index in [1.54, 1.807) is 0 Å². The fraction of sp³-hybridized carbons (Fsp3) is 0. The molecule has 0 radical (unpaired) electrons. The van der Waals surface area contributed by atoms with E-state index in [1.807, 2.05) is 12.1 Å². The molecule has 0 bridgehead atoms. The van der Waals surface area contributed by atoms with Gasteiger partial charge < -0.3 is 18.6 Å². The fourth-order valence-corrected chi connectivity index (χ4v) is 9.16. The molecule has 0 spiro atoms. The zero-order valence-electron chi connectivity index (χ0n) is 32.5. The molecule has 0 atom stereocenters. The summed E-state index contributed by atoms with van der Waals surface area (Å²) in [6.45, 7) is 0. The lowest BCUT2D eigenvalue weighted by Crippen LogP contribution is -2.11. The highest BCUT2D eigenvalue weighted by molar-refractivity contribution is 6.30. The average molecular weight is 769 g/mol. The first-order chi connectivity index (χ1) is 29.8. The van der Waals surface area contributed by atoms with Crippen LogP contribution in [0.5, 0.6) is 0 Å². The van der Waals surface area contributed by atoms with E-state index >= 15 is 0 Å². The SMILES string of the molecule is c1ccc(-c2ccccc2N(c2ccc3c(c2)oc2c4ccc(N(c5ccccc5)c5ccccc5)cc4c4ccccc4c32)c2cccc3c2oc2ccccc23)cc1. The molecule has 0 amide bonds. The Balaban J connectivity index is 1.10. The van der Waals surface area contributed by atoms with E-state index in [4.69, 9.17) is 8.83 Å². The molecule has 282 valence electrons. The minimum absolute atomic E-state index is 0.818. The maximum absolute atomic E-state index is 7.09. The van der Waals surface area contributed by atoms with Gasteiger partial charge in [0.05, 0.1) is 17.1 Å². The van der Waals surface area contributed by atoms with Gasteiger partial charge in [0.25, 0.3) is 0 Å². The molecule has 2 aromatic heterocycles. The largest absolute Gasteiger partial charge is 0.455 e. The fourth-order valence-electron chi connectivity index (χ4n) is 9.16. The lowest BCUT2D eigenvalue weighted by atomic mass is 9.96. The van der Waals surface area contributed by atoms with E-state index in [1.165, 1.54) is 5.39 Å². The topological polar surface area (TPSA) is 32.8 Å². The molecule has 0 N–H and O–H groups in total. The summed E-state index contributed by atoms with van der Waals surface area (Å²) in [5.74, 6) is 0. The molecule has 60 heavy (non-hydrogen) atoms. The quantitative estimate of drug-likeness (QED) is 0.151. The van der Waals surface area contributed by atoms with Crippen molar-refractivity contribution in [2.75, 3.05) is 9.80 Å². The maximum atomic E-state index is 7.09. The molecule has 0 aliphatic heterocycles. The van der Waals surface area contributed by atoms with Crippen molar-refractivity contribution in [2.24, 2.45) is 0 Å². The summed E-state index contributed by atoms with van der Waals surface area (Å²) in [4.78, 5) is 4.64. The Morgan fingerprint density at radius 3 is 1.60 bits per heavy atom. The highest BCUT2D eigenvalue weighted by Crippen LogP contribution is 2.48. The predicted octanol–water partition coefficient (Wildman–Crippen LogP) is 16.4. The lowest BCUT2D eigenvalue weighted by Gasteiger charge is -2.27. The predicted molar refractivity (Wildman–Crippen MR) is 251 cm³/mol. The van der Waals surface area contributed by atoms with Crippen LogP contribution in [0.4, 0.5) is 34.1 Å². The van der Waals surface area contributed by atoms with Gasteiger partial charge in [0.2, 0.25) is 0 Å². The van der Waals surface area contributed by atoms with Crippen LogP contribution in [0, 0.1) is 0 Å². The van der Waals surface area contributed by atoms with Gasteiger partial charge in [-0.25, -0.2) is 0 Å². The summed E-state index contributed by atoms with van der Waals surface area (Å²) in [6, 6.07) is 77.1. The number of nitrogens with zero attached hydrogens (tertiary/aromatic N) is 2. The van der Waals surface area contributed by atoms with Crippen LogP contribution in [0.25, 0.3) is 76.5 Å². The Hall–Kier alpha value is -8.08. The summed E-state index contributed by atoms with van der Waals surface area (Å²) in [7, 11) is 0. The highest BCUT2D eigenvalue weighted by atomic mass is 16.3. The summed E-state index contributed by atoms with van der Waals surface area (Å²) in [5, 5.41) is 8.92. The van der Waals surface area contributed by atoms with Crippen LogP contribution in [0.3, 0.4) is 0 Å². The molecule has 12 rings (SSSR count). The normalized spacial score (nSPS) is 11.7. The van der Waals surface area contributed by atoms with Gasteiger partial charge in [-0.15, -0.1) is 0 Å². The van der Waals surface area contributed by atoms with Gasteiger partial charge in [0.1, 0.15) is 16.7 Å². The summed E-state index contributed by atoms with van der Waals surface area (Å²) in [6.07, 6.45) is 0. The van der Waals surface area contributed by atoms with Gasteiger partial charge in [-0.05, 0) is 94.5 Å². The number of benzene rings is 10. The van der Waals surface area contributed by atoms with Crippen molar-refractivity contribution in [2.45, 2.75) is 0 Å². The van der Waals surface area contributed by atoms with Crippen LogP contribution in [0.2, 0.25) is 0 Å². The monoisotopic (exact) mass is 768 g/mol. The standard InChI is InChI=1S/C56H36N2O2/c1-4-17-37(18-5-1)42-23-12-14-28-50(42)58(51-29-16-27-46-44-25-13-15-30-52(44)59-55(46)51)41-32-34-48-53(36-41)60-56-47-33-31-40(35-49(47)43-24-10-11-26-45(43)54(48)56)57(38-19-6-2-7-20-38)39-21-8-3-9-22-39/h1-36H. The van der Waals surface area contributed by atoms with Crippen molar-refractivity contribution < 1.29 is 8.83 Å². The Morgan fingerprint density at radius 2 is 0.833 bits per heavy atom. The first kappa shape index (κ1) is 34.0. The molecular formula is C56H36N2O2. The molecule has 2 heterocycles. The van der Waals surface area contributed by atoms with Crippen LogP contribution in [-0.2, 0) is 0 Å². The molecule has 0 saturated heterocycles. The zero-order valence-corrected chi connectivity index (χ0v) is 32.5. The van der Waals surface area contributed by atoms with Crippen molar-refractivity contribution in [1.29, 1.82) is 0 Å². The van der Waals surface area contributed by atoms with Crippen molar-refractivity contribution >= 4 is 99.5 Å². The zero-order chi connectivity index (χ0) is 39.6. The van der Waals surface area contributed by atoms with E-state index in [0.717, 1.165) is 105 Å². The molecule has 0 aliphatic carbocycles. The first-order valence-corrected chi connectivity index (χ1v) is 20.3. The molecule has 10 aromatic carbocycles. The van der Waals surface area contributed by atoms with Crippen LogP contribution < -0.4 is 9.80 Å². The van der Waals surface area contributed by atoms with E-state index < -0.39 is 0 Å². The number of hydrogen-bond donors (Lipinski definition) is 0. The van der Waals surface area contributed by atoms with Gasteiger partial charge in [-0.3, -0.25) is 0 Å². The van der Waals surface area contributed by atoms with Crippen LogP contribution in [0.15, 0.2) is 227 Å². The second-order valence-corrected chi connectivity index (χ2v) is 15.2.